The van der Waals surface area contributed by atoms with Crippen molar-refractivity contribution in [3.63, 3.8) is 0 Å². The molecule has 1 saturated heterocycles. The van der Waals surface area contributed by atoms with Gasteiger partial charge in [0.25, 0.3) is 0 Å². The van der Waals surface area contributed by atoms with Crippen LogP contribution < -0.4 is 9.80 Å². The molecule has 4 aromatic heterocycles. The van der Waals surface area contributed by atoms with Crippen molar-refractivity contribution >= 4 is 17.3 Å². The molecule has 0 amide bonds. The number of nitrogens with zero attached hydrogens (tertiary/aromatic N) is 9. The van der Waals surface area contributed by atoms with Crippen LogP contribution in [0.15, 0.2) is 61.6 Å². The van der Waals surface area contributed by atoms with E-state index in [0.29, 0.717) is 22.6 Å². The predicted molar refractivity (Wildman–Crippen MR) is 141 cm³/mol. The lowest BCUT2D eigenvalue weighted by Crippen LogP contribution is -2.47. The summed E-state index contributed by atoms with van der Waals surface area (Å²) in [6.45, 7) is 6.39. The van der Waals surface area contributed by atoms with Crippen molar-refractivity contribution in [1.29, 1.82) is 0 Å². The van der Waals surface area contributed by atoms with Crippen LogP contribution in [0.2, 0.25) is 0 Å². The van der Waals surface area contributed by atoms with Crippen LogP contribution in [0.3, 0.4) is 0 Å². The van der Waals surface area contributed by atoms with Crippen molar-refractivity contribution in [2.45, 2.75) is 19.4 Å². The van der Waals surface area contributed by atoms with Crippen LogP contribution in [0.4, 0.5) is 16.2 Å². The number of piperazine rings is 1. The highest BCUT2D eigenvalue weighted by atomic mass is 19.1. The molecule has 0 spiro atoms. The SMILES string of the molecule is Cc1cc(F)ccc1[C@](C)(O)c1cnc(N2CCN(c3ncnn4cc(-c5cnn(C)c5)cc34)CC2)nc1. The Morgan fingerprint density at radius 2 is 1.63 bits per heavy atom. The number of aliphatic hydroxyl groups is 1. The lowest BCUT2D eigenvalue weighted by atomic mass is 9.87. The van der Waals surface area contributed by atoms with Crippen LogP contribution in [-0.2, 0) is 12.6 Å². The molecule has 0 bridgehead atoms. The van der Waals surface area contributed by atoms with Crippen molar-refractivity contribution in [3.8, 4) is 11.1 Å². The average molecular weight is 514 g/mol. The van der Waals surface area contributed by atoms with Gasteiger partial charge < -0.3 is 14.9 Å². The molecular formula is C27H28FN9O. The first-order valence-corrected chi connectivity index (χ1v) is 12.4. The molecule has 6 rings (SSSR count). The second-order valence-electron chi connectivity index (χ2n) is 9.82. The second kappa shape index (κ2) is 9.18. The third-order valence-electron chi connectivity index (χ3n) is 7.20. The van der Waals surface area contributed by atoms with Crippen LogP contribution in [0, 0.1) is 12.7 Å². The summed E-state index contributed by atoms with van der Waals surface area (Å²) >= 11 is 0. The minimum atomic E-state index is -1.33. The Balaban J connectivity index is 1.17. The number of aryl methyl sites for hydroxylation is 2. The molecule has 38 heavy (non-hydrogen) atoms. The maximum Gasteiger partial charge on any atom is 0.225 e. The van der Waals surface area contributed by atoms with E-state index in [9.17, 15) is 9.50 Å². The summed E-state index contributed by atoms with van der Waals surface area (Å²) in [4.78, 5) is 18.1. The Labute approximate surface area is 219 Å². The second-order valence-corrected chi connectivity index (χ2v) is 9.82. The van der Waals surface area contributed by atoms with Gasteiger partial charge in [0, 0.05) is 74.7 Å². The number of anilines is 2. The minimum Gasteiger partial charge on any atom is -0.381 e. The molecule has 1 aromatic carbocycles. The van der Waals surface area contributed by atoms with Gasteiger partial charge in [0.2, 0.25) is 5.95 Å². The third kappa shape index (κ3) is 4.24. The van der Waals surface area contributed by atoms with Gasteiger partial charge in [0.1, 0.15) is 23.3 Å². The summed E-state index contributed by atoms with van der Waals surface area (Å²) in [6.07, 6.45) is 10.7. The maximum absolute atomic E-state index is 13.6. The van der Waals surface area contributed by atoms with E-state index >= 15 is 0 Å². The van der Waals surface area contributed by atoms with E-state index in [1.807, 2.05) is 30.2 Å². The summed E-state index contributed by atoms with van der Waals surface area (Å²) < 4.78 is 17.2. The standard InChI is InChI=1S/C27H28FN9O/c1-18-10-22(28)4-5-23(18)27(2,38)21-13-29-26(30-14-21)36-8-6-35(7-9-36)25-24-11-19(16-37(24)33-17-31-25)20-12-32-34(3)15-20/h4-5,10-17,38H,6-9H2,1-3H3/t27-/m1/s1. The van der Waals surface area contributed by atoms with Crippen molar-refractivity contribution < 1.29 is 9.50 Å². The molecule has 10 nitrogen and oxygen atoms in total. The van der Waals surface area contributed by atoms with E-state index in [0.717, 1.165) is 48.6 Å². The molecule has 1 atom stereocenters. The smallest absolute Gasteiger partial charge is 0.225 e. The number of aromatic nitrogens is 7. The maximum atomic E-state index is 13.6. The average Bonchev–Trinajstić information content (AvgIpc) is 3.55. The van der Waals surface area contributed by atoms with Crippen molar-refractivity contribution in [1.82, 2.24) is 34.3 Å². The van der Waals surface area contributed by atoms with Crippen molar-refractivity contribution in [2.75, 3.05) is 36.0 Å². The summed E-state index contributed by atoms with van der Waals surface area (Å²) in [5.74, 6) is 1.16. The zero-order valence-corrected chi connectivity index (χ0v) is 21.5. The highest BCUT2D eigenvalue weighted by Gasteiger charge is 2.29. The first-order chi connectivity index (χ1) is 18.3. The van der Waals surface area contributed by atoms with Gasteiger partial charge >= 0.3 is 0 Å². The van der Waals surface area contributed by atoms with E-state index in [1.165, 1.54) is 12.1 Å². The number of hydrogen-bond acceptors (Lipinski definition) is 8. The molecule has 0 saturated carbocycles. The lowest BCUT2D eigenvalue weighted by molar-refractivity contribution is 0.101. The summed E-state index contributed by atoms with van der Waals surface area (Å²) in [5.41, 5.74) is 3.52. The molecule has 1 N–H and O–H groups in total. The number of fused-ring (bicyclic) bond motifs is 1. The van der Waals surface area contributed by atoms with Crippen LogP contribution >= 0.6 is 0 Å². The first-order valence-electron chi connectivity index (χ1n) is 12.4. The summed E-state index contributed by atoms with van der Waals surface area (Å²) in [5, 5.41) is 19.9. The molecule has 194 valence electrons. The molecule has 11 heteroatoms. The fourth-order valence-corrected chi connectivity index (χ4v) is 5.07. The van der Waals surface area contributed by atoms with E-state index < -0.39 is 5.60 Å². The normalized spacial score (nSPS) is 15.7. The number of hydrogen-bond donors (Lipinski definition) is 1. The van der Waals surface area contributed by atoms with Gasteiger partial charge in [-0.05, 0) is 43.2 Å². The number of rotatable bonds is 5. The molecular weight excluding hydrogens is 485 g/mol. The third-order valence-corrected chi connectivity index (χ3v) is 7.20. The monoisotopic (exact) mass is 513 g/mol. The first kappa shape index (κ1) is 24.0. The fourth-order valence-electron chi connectivity index (χ4n) is 5.07. The van der Waals surface area contributed by atoms with Gasteiger partial charge in [-0.15, -0.1) is 0 Å². The molecule has 0 unspecified atom stereocenters. The molecule has 1 aliphatic heterocycles. The Kier molecular flexibility index (Phi) is 5.79. The lowest BCUT2D eigenvalue weighted by Gasteiger charge is -2.35. The molecule has 5 aromatic rings. The largest absolute Gasteiger partial charge is 0.381 e. The Bertz CT molecular complexity index is 1600. The Morgan fingerprint density at radius 3 is 2.32 bits per heavy atom. The highest BCUT2D eigenvalue weighted by molar-refractivity contribution is 5.77. The van der Waals surface area contributed by atoms with Crippen LogP contribution in [0.5, 0.6) is 0 Å². The molecule has 1 aliphatic rings. The van der Waals surface area contributed by atoms with Gasteiger partial charge in [-0.25, -0.2) is 23.9 Å². The van der Waals surface area contributed by atoms with Gasteiger partial charge in [-0.3, -0.25) is 4.68 Å². The Morgan fingerprint density at radius 1 is 0.895 bits per heavy atom. The Hall–Kier alpha value is -4.38. The molecule has 5 heterocycles. The van der Waals surface area contributed by atoms with Crippen molar-refractivity contribution in [2.24, 2.45) is 7.05 Å². The summed E-state index contributed by atoms with van der Waals surface area (Å²) in [6, 6.07) is 6.46. The quantitative estimate of drug-likeness (QED) is 0.383. The number of halogens is 1. The van der Waals surface area contributed by atoms with Gasteiger partial charge in [-0.2, -0.15) is 10.2 Å². The topological polar surface area (TPSA) is 101 Å². The molecule has 0 radical (unpaired) electrons. The van der Waals surface area contributed by atoms with Gasteiger partial charge in [0.05, 0.1) is 6.20 Å². The van der Waals surface area contributed by atoms with E-state index in [4.69, 9.17) is 0 Å². The van der Waals surface area contributed by atoms with Crippen LogP contribution in [0.25, 0.3) is 16.6 Å². The van der Waals surface area contributed by atoms with Gasteiger partial charge in [0.15, 0.2) is 5.82 Å². The van der Waals surface area contributed by atoms with E-state index in [2.05, 4.69) is 41.0 Å². The summed E-state index contributed by atoms with van der Waals surface area (Å²) in [7, 11) is 1.90. The number of benzene rings is 1. The molecule has 1 fully saturated rings. The zero-order chi connectivity index (χ0) is 26.4. The predicted octanol–water partition coefficient (Wildman–Crippen LogP) is 2.95. The van der Waals surface area contributed by atoms with Crippen molar-refractivity contribution in [3.05, 3.63) is 84.1 Å². The highest BCUT2D eigenvalue weighted by Crippen LogP contribution is 2.32. The van der Waals surface area contributed by atoms with Crippen LogP contribution in [0.1, 0.15) is 23.6 Å². The minimum absolute atomic E-state index is 0.332. The molecule has 0 aliphatic carbocycles. The zero-order valence-electron chi connectivity index (χ0n) is 21.5. The fraction of sp³-hybridized carbons (Fsp3) is 0.296. The van der Waals surface area contributed by atoms with Crippen LogP contribution in [-0.4, -0.2) is 65.6 Å². The van der Waals surface area contributed by atoms with Gasteiger partial charge in [-0.1, -0.05) is 6.07 Å². The van der Waals surface area contributed by atoms with E-state index in [1.54, 1.807) is 43.3 Å². The van der Waals surface area contributed by atoms with E-state index in [-0.39, 0.29) is 5.82 Å².